The van der Waals surface area contributed by atoms with Crippen LogP contribution >= 0.6 is 26.6 Å². The molecule has 0 bridgehead atoms. The third-order valence-corrected chi connectivity index (χ3v) is 2.56. The van der Waals surface area contributed by atoms with Gasteiger partial charge in [0.15, 0.2) is 0 Å². The lowest BCUT2D eigenvalue weighted by molar-refractivity contribution is 0.602. The number of hydrogen-bond acceptors (Lipinski definition) is 2. The van der Waals surface area contributed by atoms with Gasteiger partial charge in [-0.05, 0) is 22.0 Å². The second-order valence-electron chi connectivity index (χ2n) is 1.60. The SMILES string of the molecule is O=S(=O)(Cl)n1ccc(Br)c1. The van der Waals surface area contributed by atoms with Gasteiger partial charge in [-0.15, -0.1) is 0 Å². The highest BCUT2D eigenvalue weighted by Crippen LogP contribution is 2.12. The van der Waals surface area contributed by atoms with Crippen molar-refractivity contribution < 1.29 is 8.42 Å². The Morgan fingerprint density at radius 2 is 2.20 bits per heavy atom. The highest BCUT2D eigenvalue weighted by Gasteiger charge is 2.05. The van der Waals surface area contributed by atoms with Gasteiger partial charge in [0, 0.05) is 27.5 Å². The molecule has 0 amide bonds. The number of aromatic nitrogens is 1. The van der Waals surface area contributed by atoms with Crippen molar-refractivity contribution in [2.75, 3.05) is 0 Å². The van der Waals surface area contributed by atoms with Crippen LogP contribution in [-0.4, -0.2) is 12.4 Å². The van der Waals surface area contributed by atoms with Gasteiger partial charge in [0.05, 0.1) is 0 Å². The van der Waals surface area contributed by atoms with Crippen LogP contribution < -0.4 is 0 Å². The second kappa shape index (κ2) is 2.56. The van der Waals surface area contributed by atoms with Crippen LogP contribution in [0, 0.1) is 0 Å². The maximum atomic E-state index is 10.6. The molecular formula is C4H3BrClNO2S. The molecule has 0 fully saturated rings. The molecule has 1 rings (SSSR count). The van der Waals surface area contributed by atoms with Gasteiger partial charge >= 0.3 is 9.24 Å². The van der Waals surface area contributed by atoms with E-state index in [1.807, 2.05) is 0 Å². The Bertz CT molecular complexity index is 331. The summed E-state index contributed by atoms with van der Waals surface area (Å²) in [5.41, 5.74) is 0. The number of halogens is 2. The minimum atomic E-state index is -3.62. The van der Waals surface area contributed by atoms with E-state index in [9.17, 15) is 8.42 Å². The molecule has 3 nitrogen and oxygen atoms in total. The molecule has 0 saturated carbocycles. The molecule has 0 aliphatic heterocycles. The smallest absolute Gasteiger partial charge is 0.239 e. The van der Waals surface area contributed by atoms with Gasteiger partial charge < -0.3 is 0 Å². The van der Waals surface area contributed by atoms with Crippen molar-refractivity contribution in [3.63, 3.8) is 0 Å². The molecule has 0 aliphatic rings. The van der Waals surface area contributed by atoms with Gasteiger partial charge in [0.2, 0.25) is 0 Å². The number of nitrogens with zero attached hydrogens (tertiary/aromatic N) is 1. The Balaban J connectivity index is 3.21. The third kappa shape index (κ3) is 1.74. The van der Waals surface area contributed by atoms with Crippen molar-refractivity contribution >= 4 is 35.8 Å². The monoisotopic (exact) mass is 243 g/mol. The topological polar surface area (TPSA) is 39.1 Å². The van der Waals surface area contributed by atoms with Crippen molar-refractivity contribution in [1.82, 2.24) is 3.97 Å². The first kappa shape index (κ1) is 8.10. The Morgan fingerprint density at radius 3 is 2.40 bits per heavy atom. The molecule has 1 aromatic heterocycles. The normalized spacial score (nSPS) is 11.8. The maximum Gasteiger partial charge on any atom is 0.324 e. The fourth-order valence-corrected chi connectivity index (χ4v) is 1.67. The fraction of sp³-hybridized carbons (Fsp3) is 0. The molecule has 0 aromatic carbocycles. The molecule has 0 aliphatic carbocycles. The minimum Gasteiger partial charge on any atom is -0.239 e. The van der Waals surface area contributed by atoms with E-state index in [-0.39, 0.29) is 0 Å². The summed E-state index contributed by atoms with van der Waals surface area (Å²) in [6, 6.07) is 1.58. The Hall–Kier alpha value is -0.000000000000000111. The average Bonchev–Trinajstić information content (AvgIpc) is 2.11. The lowest BCUT2D eigenvalue weighted by Gasteiger charge is -1.91. The van der Waals surface area contributed by atoms with Gasteiger partial charge in [-0.2, -0.15) is 8.42 Å². The van der Waals surface area contributed by atoms with Crippen molar-refractivity contribution in [2.24, 2.45) is 0 Å². The van der Waals surface area contributed by atoms with Crippen LogP contribution in [0.2, 0.25) is 0 Å². The predicted molar refractivity (Wildman–Crippen MR) is 42.3 cm³/mol. The van der Waals surface area contributed by atoms with Gasteiger partial charge in [-0.1, -0.05) is 0 Å². The molecule has 1 heterocycles. The van der Waals surface area contributed by atoms with E-state index in [2.05, 4.69) is 15.9 Å². The van der Waals surface area contributed by atoms with Crippen molar-refractivity contribution in [3.8, 4) is 0 Å². The molecule has 6 heteroatoms. The summed E-state index contributed by atoms with van der Waals surface area (Å²) in [6.07, 6.45) is 2.72. The first-order chi connectivity index (χ1) is 4.50. The highest BCUT2D eigenvalue weighted by molar-refractivity contribution is 9.10. The standard InChI is InChI=1S/C4H3BrClNO2S/c5-4-1-2-7(3-4)10(6,8)9/h1-3H. The van der Waals surface area contributed by atoms with Crippen LogP contribution in [0.5, 0.6) is 0 Å². The Labute approximate surface area is 71.3 Å². The second-order valence-corrected chi connectivity index (χ2v) is 4.93. The highest BCUT2D eigenvalue weighted by atomic mass is 79.9. The quantitative estimate of drug-likeness (QED) is 0.704. The summed E-state index contributed by atoms with van der Waals surface area (Å²) in [6.45, 7) is 0. The lowest BCUT2D eigenvalue weighted by Crippen LogP contribution is -2.00. The van der Waals surface area contributed by atoms with E-state index in [0.29, 0.717) is 4.47 Å². The minimum absolute atomic E-state index is 0.678. The number of hydrogen-bond donors (Lipinski definition) is 0. The zero-order chi connectivity index (χ0) is 7.78. The first-order valence-electron chi connectivity index (χ1n) is 2.29. The van der Waals surface area contributed by atoms with Crippen LogP contribution in [0.4, 0.5) is 0 Å². The van der Waals surface area contributed by atoms with Crippen LogP contribution in [0.25, 0.3) is 0 Å². The molecule has 1 aromatic rings. The Kier molecular flexibility index (Phi) is 2.07. The van der Waals surface area contributed by atoms with E-state index in [4.69, 9.17) is 10.7 Å². The fourth-order valence-electron chi connectivity index (χ4n) is 0.488. The van der Waals surface area contributed by atoms with E-state index in [0.717, 1.165) is 3.97 Å². The van der Waals surface area contributed by atoms with Crippen molar-refractivity contribution in [3.05, 3.63) is 22.9 Å². The van der Waals surface area contributed by atoms with Crippen LogP contribution in [0.15, 0.2) is 22.9 Å². The summed E-state index contributed by atoms with van der Waals surface area (Å²) in [5.74, 6) is 0. The zero-order valence-corrected chi connectivity index (χ0v) is 7.82. The molecule has 0 radical (unpaired) electrons. The van der Waals surface area contributed by atoms with Gasteiger partial charge in [-0.25, -0.2) is 3.97 Å². The van der Waals surface area contributed by atoms with Crippen LogP contribution in [0.3, 0.4) is 0 Å². The predicted octanol–water partition coefficient (Wildman–Crippen LogP) is 1.58. The van der Waals surface area contributed by atoms with Crippen molar-refractivity contribution in [2.45, 2.75) is 0 Å². The van der Waals surface area contributed by atoms with E-state index < -0.39 is 9.24 Å². The molecule has 0 atom stereocenters. The number of rotatable bonds is 1. The summed E-state index contributed by atoms with van der Waals surface area (Å²) in [5, 5.41) is 0. The summed E-state index contributed by atoms with van der Waals surface area (Å²) in [7, 11) is 1.36. The van der Waals surface area contributed by atoms with E-state index in [1.165, 1.54) is 12.4 Å². The molecule has 0 spiro atoms. The molecule has 56 valence electrons. The molecule has 10 heavy (non-hydrogen) atoms. The molecule has 0 saturated heterocycles. The summed E-state index contributed by atoms with van der Waals surface area (Å²) >= 11 is 3.08. The summed E-state index contributed by atoms with van der Waals surface area (Å²) in [4.78, 5) is 0. The van der Waals surface area contributed by atoms with E-state index >= 15 is 0 Å². The van der Waals surface area contributed by atoms with Gasteiger partial charge in [0.1, 0.15) is 0 Å². The first-order valence-corrected chi connectivity index (χ1v) is 5.35. The molecular weight excluding hydrogens is 241 g/mol. The molecule has 0 N–H and O–H groups in total. The van der Waals surface area contributed by atoms with Crippen molar-refractivity contribution in [1.29, 1.82) is 0 Å². The average molecular weight is 244 g/mol. The molecule has 0 unspecified atom stereocenters. The maximum absolute atomic E-state index is 10.6. The lowest BCUT2D eigenvalue weighted by atomic mass is 10.7. The summed E-state index contributed by atoms with van der Waals surface area (Å²) < 4.78 is 22.7. The Morgan fingerprint density at radius 1 is 1.60 bits per heavy atom. The zero-order valence-electron chi connectivity index (χ0n) is 4.66. The van der Waals surface area contributed by atoms with Crippen LogP contribution in [-0.2, 0) is 9.24 Å². The van der Waals surface area contributed by atoms with Gasteiger partial charge in [0.25, 0.3) is 0 Å². The van der Waals surface area contributed by atoms with Crippen LogP contribution in [0.1, 0.15) is 0 Å². The van der Waals surface area contributed by atoms with Gasteiger partial charge in [-0.3, -0.25) is 0 Å². The largest absolute Gasteiger partial charge is 0.324 e. The van der Waals surface area contributed by atoms with E-state index in [1.54, 1.807) is 6.07 Å². The third-order valence-electron chi connectivity index (χ3n) is 0.883.